The molecule has 0 atom stereocenters. The minimum Gasteiger partial charge on any atom is -0.424 e. The average Bonchev–Trinajstić information content (AvgIpc) is 2.43. The molecule has 1 aliphatic rings. The largest absolute Gasteiger partial charge is 0.424 e. The van der Waals surface area contributed by atoms with Gasteiger partial charge in [0.1, 0.15) is 0 Å². The number of oxazole rings is 1. The van der Waals surface area contributed by atoms with Gasteiger partial charge in [0.25, 0.3) is 5.68 Å². The normalized spacial score (nSPS) is 15.4. The van der Waals surface area contributed by atoms with E-state index in [0.29, 0.717) is 5.68 Å². The van der Waals surface area contributed by atoms with E-state index in [1.165, 1.54) is 0 Å². The number of fused-ring (bicyclic) bond motifs is 1. The van der Waals surface area contributed by atoms with Gasteiger partial charge in [0.05, 0.1) is 5.69 Å². The molecule has 1 heterocycles. The zero-order valence-corrected chi connectivity index (χ0v) is 9.84. The minimum atomic E-state index is 0.231. The number of hydrogen-bond acceptors (Lipinski definition) is 2. The minimum absolute atomic E-state index is 0.231. The maximum absolute atomic E-state index is 5.71. The monoisotopic (exact) mass is 216 g/mol. The van der Waals surface area contributed by atoms with Crippen LogP contribution >= 0.6 is 0 Å². The van der Waals surface area contributed by atoms with Crippen LogP contribution in [0.2, 0.25) is 0 Å². The van der Waals surface area contributed by atoms with Crippen molar-refractivity contribution in [2.75, 3.05) is 0 Å². The van der Waals surface area contributed by atoms with Crippen LogP contribution in [-0.4, -0.2) is 10.6 Å². The third-order valence-corrected chi connectivity index (χ3v) is 2.31. The average molecular weight is 216 g/mol. The molecular weight excluding hydrogens is 200 g/mol. The van der Waals surface area contributed by atoms with Crippen molar-refractivity contribution in [1.29, 1.82) is 0 Å². The van der Waals surface area contributed by atoms with Crippen LogP contribution in [0.1, 0.15) is 25.3 Å². The predicted octanol–water partition coefficient (Wildman–Crippen LogP) is 2.52. The summed E-state index contributed by atoms with van der Waals surface area (Å²) in [6.45, 7) is 4.07. The van der Waals surface area contributed by atoms with Crippen molar-refractivity contribution in [3.05, 3.63) is 41.4 Å². The standard InChI is InChI=1S/C13H16N2O/c1-10(2)14-13-15(3)11-8-6-4-5-7-9-12(11)16-13/h4-10H,1-3H3. The molecule has 0 aliphatic heterocycles. The van der Waals surface area contributed by atoms with Crippen LogP contribution in [0, 0.1) is 0 Å². The Labute approximate surface area is 95.1 Å². The summed E-state index contributed by atoms with van der Waals surface area (Å²) in [7, 11) is 1.97. The van der Waals surface area contributed by atoms with Crippen LogP contribution in [0.15, 0.2) is 33.7 Å². The number of allylic oxidation sites excluding steroid dienone is 4. The van der Waals surface area contributed by atoms with Crippen molar-refractivity contribution in [3.63, 3.8) is 0 Å². The van der Waals surface area contributed by atoms with Gasteiger partial charge in [-0.25, -0.2) is 4.99 Å². The van der Waals surface area contributed by atoms with E-state index < -0.39 is 0 Å². The van der Waals surface area contributed by atoms with Gasteiger partial charge in [0, 0.05) is 13.1 Å². The molecule has 0 aromatic carbocycles. The maximum atomic E-state index is 5.71. The van der Waals surface area contributed by atoms with E-state index in [0.717, 1.165) is 11.5 Å². The van der Waals surface area contributed by atoms with Gasteiger partial charge in [-0.15, -0.1) is 0 Å². The molecule has 0 saturated carbocycles. The SMILES string of the molecule is CC(C)N=c1oc2c(n1C)C=CC=CC=C2. The Morgan fingerprint density at radius 2 is 1.81 bits per heavy atom. The van der Waals surface area contributed by atoms with Gasteiger partial charge in [-0.2, -0.15) is 0 Å². The molecule has 1 aliphatic carbocycles. The first-order valence-corrected chi connectivity index (χ1v) is 5.43. The first-order valence-electron chi connectivity index (χ1n) is 5.43. The summed E-state index contributed by atoms with van der Waals surface area (Å²) in [5, 5.41) is 0. The molecule has 2 rings (SSSR count). The lowest BCUT2D eigenvalue weighted by atomic mass is 10.2. The summed E-state index contributed by atoms with van der Waals surface area (Å²) < 4.78 is 7.68. The van der Waals surface area contributed by atoms with E-state index in [-0.39, 0.29) is 6.04 Å². The highest BCUT2D eigenvalue weighted by molar-refractivity contribution is 5.61. The second-order valence-corrected chi connectivity index (χ2v) is 4.02. The Balaban J connectivity index is 2.60. The Kier molecular flexibility index (Phi) is 2.95. The summed E-state index contributed by atoms with van der Waals surface area (Å²) in [4.78, 5) is 4.43. The lowest BCUT2D eigenvalue weighted by molar-refractivity contribution is 0.455. The van der Waals surface area contributed by atoms with Gasteiger partial charge in [0.15, 0.2) is 5.76 Å². The molecule has 0 spiro atoms. The molecule has 0 bridgehead atoms. The molecule has 1 aromatic rings. The van der Waals surface area contributed by atoms with Crippen LogP contribution in [0.25, 0.3) is 12.2 Å². The van der Waals surface area contributed by atoms with Crippen molar-refractivity contribution in [2.24, 2.45) is 12.0 Å². The van der Waals surface area contributed by atoms with Gasteiger partial charge in [-0.05, 0) is 26.0 Å². The summed E-state index contributed by atoms with van der Waals surface area (Å²) in [6, 6.07) is 0.231. The van der Waals surface area contributed by atoms with Gasteiger partial charge >= 0.3 is 0 Å². The summed E-state index contributed by atoms with van der Waals surface area (Å²) in [5.74, 6) is 0.850. The van der Waals surface area contributed by atoms with Gasteiger partial charge in [0.2, 0.25) is 0 Å². The van der Waals surface area contributed by atoms with Crippen LogP contribution in [0.5, 0.6) is 0 Å². The van der Waals surface area contributed by atoms with Crippen molar-refractivity contribution in [1.82, 2.24) is 4.57 Å². The first kappa shape index (κ1) is 10.7. The van der Waals surface area contributed by atoms with E-state index in [4.69, 9.17) is 4.42 Å². The van der Waals surface area contributed by atoms with Crippen molar-refractivity contribution in [3.8, 4) is 0 Å². The van der Waals surface area contributed by atoms with Crippen LogP contribution in [0.4, 0.5) is 0 Å². The fraction of sp³-hybridized carbons (Fsp3) is 0.308. The molecule has 0 amide bonds. The molecule has 0 radical (unpaired) electrons. The molecule has 0 N–H and O–H groups in total. The number of aromatic nitrogens is 1. The summed E-state index contributed by atoms with van der Waals surface area (Å²) in [6.07, 6.45) is 11.9. The van der Waals surface area contributed by atoms with Crippen molar-refractivity contribution < 1.29 is 4.42 Å². The highest BCUT2D eigenvalue weighted by Gasteiger charge is 2.08. The quantitative estimate of drug-likeness (QED) is 0.709. The maximum Gasteiger partial charge on any atom is 0.297 e. The smallest absolute Gasteiger partial charge is 0.297 e. The van der Waals surface area contributed by atoms with E-state index >= 15 is 0 Å². The highest BCUT2D eigenvalue weighted by Crippen LogP contribution is 2.12. The molecule has 0 saturated heterocycles. The fourth-order valence-corrected chi connectivity index (χ4v) is 1.55. The van der Waals surface area contributed by atoms with Crippen molar-refractivity contribution in [2.45, 2.75) is 19.9 Å². The Hall–Kier alpha value is -1.77. The molecule has 3 nitrogen and oxygen atoms in total. The third kappa shape index (κ3) is 2.08. The van der Waals surface area contributed by atoms with E-state index in [1.54, 1.807) is 0 Å². The van der Waals surface area contributed by atoms with Gasteiger partial charge < -0.3 is 4.42 Å². The number of nitrogens with zero attached hydrogens (tertiary/aromatic N) is 2. The summed E-state index contributed by atoms with van der Waals surface area (Å²) >= 11 is 0. The first-order chi connectivity index (χ1) is 7.68. The predicted molar refractivity (Wildman–Crippen MR) is 65.6 cm³/mol. The van der Waals surface area contributed by atoms with Crippen LogP contribution in [-0.2, 0) is 7.05 Å². The fourth-order valence-electron chi connectivity index (χ4n) is 1.55. The third-order valence-electron chi connectivity index (χ3n) is 2.31. The second kappa shape index (κ2) is 4.39. The molecule has 0 fully saturated rings. The zero-order chi connectivity index (χ0) is 11.5. The van der Waals surface area contributed by atoms with E-state index in [2.05, 4.69) is 4.99 Å². The van der Waals surface area contributed by atoms with Gasteiger partial charge in [-0.3, -0.25) is 4.57 Å². The van der Waals surface area contributed by atoms with E-state index in [9.17, 15) is 0 Å². The van der Waals surface area contributed by atoms with E-state index in [1.807, 2.05) is 61.9 Å². The lowest BCUT2D eigenvalue weighted by Gasteiger charge is -1.96. The molecule has 16 heavy (non-hydrogen) atoms. The molecule has 1 aromatic heterocycles. The zero-order valence-electron chi connectivity index (χ0n) is 9.84. The Bertz CT molecular complexity index is 525. The number of hydrogen-bond donors (Lipinski definition) is 0. The van der Waals surface area contributed by atoms with Gasteiger partial charge in [-0.1, -0.05) is 24.3 Å². The lowest BCUT2D eigenvalue weighted by Crippen LogP contribution is -2.15. The molecular formula is C13H16N2O. The topological polar surface area (TPSA) is 30.4 Å². The summed E-state index contributed by atoms with van der Waals surface area (Å²) in [5.41, 5.74) is 1.70. The highest BCUT2D eigenvalue weighted by atomic mass is 16.4. The number of rotatable bonds is 1. The van der Waals surface area contributed by atoms with Crippen LogP contribution < -0.4 is 5.68 Å². The molecule has 84 valence electrons. The van der Waals surface area contributed by atoms with Crippen LogP contribution in [0.3, 0.4) is 0 Å². The Morgan fingerprint density at radius 3 is 2.50 bits per heavy atom. The Morgan fingerprint density at radius 1 is 1.12 bits per heavy atom. The second-order valence-electron chi connectivity index (χ2n) is 4.02. The molecule has 3 heteroatoms. The molecule has 0 unspecified atom stereocenters. The van der Waals surface area contributed by atoms with Crippen molar-refractivity contribution >= 4 is 12.2 Å².